The highest BCUT2D eigenvalue weighted by Gasteiger charge is 2.29. The SMILES string of the molecule is COc1ccc(CNc2nc(N3CCC[C@H]3COC(=O)CCCCCO[N+](=O)[O-])ncc2C(=O)NCc2ncccn2)cc1Cl. The zero-order valence-electron chi connectivity index (χ0n) is 24.8. The van der Waals surface area contributed by atoms with Crippen LogP contribution in [0, 0.1) is 10.1 Å². The smallest absolute Gasteiger partial charge is 0.305 e. The van der Waals surface area contributed by atoms with Crippen LogP contribution in [0.5, 0.6) is 5.75 Å². The van der Waals surface area contributed by atoms with Gasteiger partial charge < -0.3 is 29.8 Å². The van der Waals surface area contributed by atoms with Gasteiger partial charge in [-0.2, -0.15) is 4.98 Å². The molecule has 3 aromatic rings. The van der Waals surface area contributed by atoms with Gasteiger partial charge in [-0.25, -0.2) is 15.0 Å². The summed E-state index contributed by atoms with van der Waals surface area (Å²) in [5, 5.41) is 15.9. The molecule has 0 unspecified atom stereocenters. The Bertz CT molecular complexity index is 1450. The van der Waals surface area contributed by atoms with E-state index < -0.39 is 11.0 Å². The van der Waals surface area contributed by atoms with Gasteiger partial charge in [-0.3, -0.25) is 9.59 Å². The van der Waals surface area contributed by atoms with Crippen molar-refractivity contribution < 1.29 is 29.0 Å². The van der Waals surface area contributed by atoms with Crippen LogP contribution in [0.4, 0.5) is 11.8 Å². The predicted molar refractivity (Wildman–Crippen MR) is 163 cm³/mol. The van der Waals surface area contributed by atoms with E-state index in [0.717, 1.165) is 18.4 Å². The lowest BCUT2D eigenvalue weighted by Gasteiger charge is -2.25. The van der Waals surface area contributed by atoms with Crippen molar-refractivity contribution in [2.75, 3.05) is 37.1 Å². The number of nitrogens with zero attached hydrogens (tertiary/aromatic N) is 6. The molecular weight excluding hydrogens is 608 g/mol. The summed E-state index contributed by atoms with van der Waals surface area (Å²) in [6, 6.07) is 6.95. The molecule has 1 aliphatic heterocycles. The van der Waals surface area contributed by atoms with Crippen molar-refractivity contribution in [1.82, 2.24) is 25.3 Å². The second-order valence-electron chi connectivity index (χ2n) is 10.1. The minimum Gasteiger partial charge on any atom is -0.495 e. The highest BCUT2D eigenvalue weighted by molar-refractivity contribution is 6.32. The number of aromatic nitrogens is 4. The maximum atomic E-state index is 13.2. The number of nitrogens with one attached hydrogen (secondary N) is 2. The standard InChI is InChI=1S/C29H35ClN8O7/c1-43-24-10-9-20(15-23(24)30)16-33-27-22(28(40)34-18-25-31-11-6-12-32-25)17-35-29(36-27)37-13-5-7-21(37)19-44-26(39)8-3-2-4-14-45-38(41)42/h6,9-12,15,17,21H,2-5,7-8,13-14,16,18-19H2,1H3,(H,34,40)(H,33,35,36)/t21-/m0/s1. The van der Waals surface area contributed by atoms with E-state index in [0.29, 0.717) is 60.7 Å². The van der Waals surface area contributed by atoms with Gasteiger partial charge in [0.1, 0.15) is 29.6 Å². The summed E-state index contributed by atoms with van der Waals surface area (Å²) in [6.45, 7) is 1.27. The van der Waals surface area contributed by atoms with E-state index in [1.54, 1.807) is 37.7 Å². The van der Waals surface area contributed by atoms with E-state index in [4.69, 9.17) is 26.1 Å². The normalized spacial score (nSPS) is 14.1. The van der Waals surface area contributed by atoms with E-state index in [1.807, 2.05) is 11.0 Å². The van der Waals surface area contributed by atoms with Crippen LogP contribution in [0.3, 0.4) is 0 Å². The fraction of sp³-hybridized carbons (Fsp3) is 0.448. The molecule has 15 nitrogen and oxygen atoms in total. The third-order valence-corrected chi connectivity index (χ3v) is 7.31. The van der Waals surface area contributed by atoms with Crippen LogP contribution < -0.4 is 20.3 Å². The first kappa shape index (κ1) is 33.1. The van der Waals surface area contributed by atoms with Gasteiger partial charge in [0.25, 0.3) is 11.0 Å². The van der Waals surface area contributed by atoms with Gasteiger partial charge in [0, 0.05) is 38.1 Å². The third-order valence-electron chi connectivity index (χ3n) is 7.02. The summed E-state index contributed by atoms with van der Waals surface area (Å²) < 4.78 is 10.8. The number of methoxy groups -OCH3 is 1. The molecule has 4 rings (SSSR count). The lowest BCUT2D eigenvalue weighted by molar-refractivity contribution is -0.757. The zero-order valence-corrected chi connectivity index (χ0v) is 25.6. The Labute approximate surface area is 264 Å². The van der Waals surface area contributed by atoms with Crippen LogP contribution >= 0.6 is 11.6 Å². The second-order valence-corrected chi connectivity index (χ2v) is 10.5. The molecule has 1 amide bonds. The minimum atomic E-state index is -0.828. The molecule has 0 radical (unpaired) electrons. The van der Waals surface area contributed by atoms with E-state index in [-0.39, 0.29) is 43.8 Å². The molecule has 0 spiro atoms. The quantitative estimate of drug-likeness (QED) is 0.0940. The number of benzene rings is 1. The van der Waals surface area contributed by atoms with E-state index >= 15 is 0 Å². The number of rotatable bonds is 17. The molecule has 0 saturated carbocycles. The lowest BCUT2D eigenvalue weighted by Crippen LogP contribution is -2.35. The number of ether oxygens (including phenoxy) is 2. The number of unbranched alkanes of at least 4 members (excludes halogenated alkanes) is 2. The number of halogens is 1. The predicted octanol–water partition coefficient (Wildman–Crippen LogP) is 3.75. The van der Waals surface area contributed by atoms with Crippen LogP contribution in [0.1, 0.15) is 60.3 Å². The maximum absolute atomic E-state index is 13.2. The Morgan fingerprint density at radius 1 is 1.16 bits per heavy atom. The summed E-state index contributed by atoms with van der Waals surface area (Å²) in [6.07, 6.45) is 8.16. The van der Waals surface area contributed by atoms with E-state index in [2.05, 4.69) is 30.4 Å². The first-order valence-electron chi connectivity index (χ1n) is 14.5. The molecule has 1 fully saturated rings. The molecule has 1 aliphatic rings. The Balaban J connectivity index is 1.41. The highest BCUT2D eigenvalue weighted by Crippen LogP contribution is 2.27. The number of hydrogen-bond acceptors (Lipinski definition) is 13. The molecule has 45 heavy (non-hydrogen) atoms. The fourth-order valence-electron chi connectivity index (χ4n) is 4.71. The summed E-state index contributed by atoms with van der Waals surface area (Å²) >= 11 is 6.31. The number of esters is 1. The Morgan fingerprint density at radius 2 is 1.98 bits per heavy atom. The van der Waals surface area contributed by atoms with Crippen molar-refractivity contribution in [3.05, 3.63) is 74.9 Å². The van der Waals surface area contributed by atoms with Crippen molar-refractivity contribution in [3.8, 4) is 5.75 Å². The molecule has 1 atom stereocenters. The van der Waals surface area contributed by atoms with Gasteiger partial charge in [-0.1, -0.05) is 24.1 Å². The van der Waals surface area contributed by atoms with Crippen molar-refractivity contribution in [2.45, 2.75) is 57.7 Å². The first-order chi connectivity index (χ1) is 21.8. The van der Waals surface area contributed by atoms with Crippen LogP contribution in [0.2, 0.25) is 5.02 Å². The molecule has 1 aromatic carbocycles. The maximum Gasteiger partial charge on any atom is 0.305 e. The van der Waals surface area contributed by atoms with Crippen LogP contribution in [0.25, 0.3) is 0 Å². The molecule has 240 valence electrons. The van der Waals surface area contributed by atoms with Crippen LogP contribution in [0.15, 0.2) is 42.9 Å². The molecule has 3 heterocycles. The highest BCUT2D eigenvalue weighted by atomic mass is 35.5. The van der Waals surface area contributed by atoms with E-state index in [1.165, 1.54) is 6.20 Å². The molecule has 0 bridgehead atoms. The summed E-state index contributed by atoms with van der Waals surface area (Å²) in [4.78, 5) is 59.5. The van der Waals surface area contributed by atoms with Crippen molar-refractivity contribution in [3.63, 3.8) is 0 Å². The average Bonchev–Trinajstić information content (AvgIpc) is 3.52. The van der Waals surface area contributed by atoms with E-state index in [9.17, 15) is 19.7 Å². The Hall–Kier alpha value is -4.79. The largest absolute Gasteiger partial charge is 0.495 e. The third kappa shape index (κ3) is 10.1. The average molecular weight is 643 g/mol. The molecular formula is C29H35ClN8O7. The van der Waals surface area contributed by atoms with Crippen LogP contribution in [-0.2, 0) is 27.5 Å². The van der Waals surface area contributed by atoms with Crippen molar-refractivity contribution in [1.29, 1.82) is 0 Å². The van der Waals surface area contributed by atoms with Gasteiger partial charge in [0.15, 0.2) is 0 Å². The van der Waals surface area contributed by atoms with Gasteiger partial charge in [0.2, 0.25) is 5.95 Å². The molecule has 16 heteroatoms. The molecule has 1 saturated heterocycles. The second kappa shape index (κ2) is 16.9. The number of anilines is 2. The zero-order chi connectivity index (χ0) is 32.0. The number of amides is 1. The van der Waals surface area contributed by atoms with Crippen molar-refractivity contribution in [2.24, 2.45) is 0 Å². The number of carbonyl (C=O) groups excluding carboxylic acids is 2. The summed E-state index contributed by atoms with van der Waals surface area (Å²) in [5.74, 6) is 0.994. The number of carbonyl (C=O) groups is 2. The van der Waals surface area contributed by atoms with Gasteiger partial charge in [-0.05, 0) is 49.4 Å². The summed E-state index contributed by atoms with van der Waals surface area (Å²) in [5.41, 5.74) is 1.08. The minimum absolute atomic E-state index is 0.00562. The van der Waals surface area contributed by atoms with Gasteiger partial charge in [0.05, 0.1) is 31.3 Å². The summed E-state index contributed by atoms with van der Waals surface area (Å²) in [7, 11) is 1.54. The number of hydrogen-bond donors (Lipinski definition) is 2. The molecule has 0 aliphatic carbocycles. The molecule has 2 N–H and O–H groups in total. The van der Waals surface area contributed by atoms with Crippen LogP contribution in [-0.4, -0.2) is 69.8 Å². The lowest BCUT2D eigenvalue weighted by atomic mass is 10.2. The van der Waals surface area contributed by atoms with Gasteiger partial charge in [-0.15, -0.1) is 10.1 Å². The topological polar surface area (TPSA) is 184 Å². The Kier molecular flexibility index (Phi) is 12.4. The monoisotopic (exact) mass is 642 g/mol. The van der Waals surface area contributed by atoms with Gasteiger partial charge >= 0.3 is 5.97 Å². The molecule has 2 aromatic heterocycles. The van der Waals surface area contributed by atoms with Crippen molar-refractivity contribution >= 4 is 35.2 Å². The first-order valence-corrected chi connectivity index (χ1v) is 14.9. The fourth-order valence-corrected chi connectivity index (χ4v) is 4.99. The Morgan fingerprint density at radius 3 is 2.73 bits per heavy atom.